The first-order valence-electron chi connectivity index (χ1n) is 8.49. The molecule has 0 saturated carbocycles. The van der Waals surface area contributed by atoms with Crippen molar-refractivity contribution in [3.63, 3.8) is 0 Å². The molecule has 1 aromatic heterocycles. The second-order valence-electron chi connectivity index (χ2n) is 6.47. The minimum Gasteiger partial charge on any atom is -0.384 e. The molecule has 4 nitrogen and oxygen atoms in total. The average Bonchev–Trinajstić information content (AvgIpc) is 2.56. The molecular formula is C19H25F3N4. The van der Waals surface area contributed by atoms with Gasteiger partial charge in [-0.3, -0.25) is 0 Å². The normalized spacial score (nSPS) is 11.6. The van der Waals surface area contributed by atoms with Crippen LogP contribution in [0.1, 0.15) is 22.4 Å². The van der Waals surface area contributed by atoms with Gasteiger partial charge in [-0.05, 0) is 68.3 Å². The Bertz CT molecular complexity index is 724. The van der Waals surface area contributed by atoms with Crippen LogP contribution in [0, 0.1) is 6.92 Å². The van der Waals surface area contributed by atoms with Gasteiger partial charge in [0.15, 0.2) is 0 Å². The number of aromatic nitrogens is 1. The summed E-state index contributed by atoms with van der Waals surface area (Å²) in [5.74, 6) is 0.427. The van der Waals surface area contributed by atoms with E-state index in [1.807, 2.05) is 31.0 Å². The summed E-state index contributed by atoms with van der Waals surface area (Å²) >= 11 is 0. The third-order valence-corrected chi connectivity index (χ3v) is 4.16. The molecule has 0 radical (unpaired) electrons. The quantitative estimate of drug-likeness (QED) is 0.788. The first-order chi connectivity index (χ1) is 12.2. The molecule has 0 aliphatic heterocycles. The summed E-state index contributed by atoms with van der Waals surface area (Å²) in [6.45, 7) is 3.22. The lowest BCUT2D eigenvalue weighted by atomic mass is 10.0. The van der Waals surface area contributed by atoms with E-state index in [0.29, 0.717) is 43.0 Å². The van der Waals surface area contributed by atoms with Crippen molar-refractivity contribution in [1.82, 2.24) is 10.3 Å². The van der Waals surface area contributed by atoms with Crippen molar-refractivity contribution in [1.29, 1.82) is 0 Å². The van der Waals surface area contributed by atoms with E-state index in [-0.39, 0.29) is 0 Å². The number of hydrogen-bond donors (Lipinski definition) is 2. The smallest absolute Gasteiger partial charge is 0.384 e. The Morgan fingerprint density at radius 1 is 1.12 bits per heavy atom. The van der Waals surface area contributed by atoms with Crippen LogP contribution in [0.3, 0.4) is 0 Å². The molecule has 0 fully saturated rings. The molecule has 142 valence electrons. The van der Waals surface area contributed by atoms with Crippen LogP contribution in [0.25, 0.3) is 0 Å². The summed E-state index contributed by atoms with van der Waals surface area (Å²) in [6, 6.07) is 7.90. The van der Waals surface area contributed by atoms with Crippen molar-refractivity contribution in [3.05, 3.63) is 52.7 Å². The van der Waals surface area contributed by atoms with Gasteiger partial charge in [0.25, 0.3) is 0 Å². The maximum absolute atomic E-state index is 13.3. The number of nitrogens with two attached hydrogens (primary N) is 1. The fourth-order valence-electron chi connectivity index (χ4n) is 2.78. The topological polar surface area (TPSA) is 54.2 Å². The zero-order valence-electron chi connectivity index (χ0n) is 15.3. The van der Waals surface area contributed by atoms with E-state index < -0.39 is 11.7 Å². The molecule has 0 unspecified atom stereocenters. The number of halogens is 3. The number of aryl methyl sites for hydroxylation is 3. The van der Waals surface area contributed by atoms with Gasteiger partial charge in [0.1, 0.15) is 5.82 Å². The highest BCUT2D eigenvalue weighted by molar-refractivity contribution is 5.51. The van der Waals surface area contributed by atoms with Gasteiger partial charge >= 0.3 is 6.18 Å². The summed E-state index contributed by atoms with van der Waals surface area (Å²) in [5.41, 5.74) is 8.08. The Hall–Kier alpha value is -2.28. The highest BCUT2D eigenvalue weighted by Gasteiger charge is 2.31. The monoisotopic (exact) mass is 366 g/mol. The van der Waals surface area contributed by atoms with Gasteiger partial charge in [0, 0.05) is 31.5 Å². The van der Waals surface area contributed by atoms with Crippen LogP contribution in [-0.4, -0.2) is 32.2 Å². The van der Waals surface area contributed by atoms with E-state index >= 15 is 0 Å². The molecule has 1 heterocycles. The molecular weight excluding hydrogens is 341 g/mol. The van der Waals surface area contributed by atoms with Crippen LogP contribution in [0.5, 0.6) is 0 Å². The highest BCUT2D eigenvalue weighted by atomic mass is 19.4. The minimum absolute atomic E-state index is 0.427. The largest absolute Gasteiger partial charge is 0.416 e. The van der Waals surface area contributed by atoms with E-state index in [1.165, 1.54) is 12.1 Å². The van der Waals surface area contributed by atoms with Gasteiger partial charge in [-0.15, -0.1) is 0 Å². The predicted octanol–water partition coefficient (Wildman–Crippen LogP) is 3.43. The number of likely N-dealkylation sites (N-methyl/N-ethyl adjacent to an activating group) is 2. The number of rotatable bonds is 7. The van der Waals surface area contributed by atoms with Crippen molar-refractivity contribution in [2.75, 3.05) is 37.8 Å². The van der Waals surface area contributed by atoms with Crippen LogP contribution in [0.4, 0.5) is 24.7 Å². The van der Waals surface area contributed by atoms with E-state index in [4.69, 9.17) is 5.73 Å². The van der Waals surface area contributed by atoms with Crippen molar-refractivity contribution < 1.29 is 13.2 Å². The molecule has 0 aliphatic rings. The van der Waals surface area contributed by atoms with Gasteiger partial charge in [0.05, 0.1) is 5.56 Å². The van der Waals surface area contributed by atoms with Crippen LogP contribution >= 0.6 is 0 Å². The second-order valence-corrected chi connectivity index (χ2v) is 6.47. The third kappa shape index (κ3) is 5.62. The lowest BCUT2D eigenvalue weighted by Gasteiger charge is -2.22. The maximum atomic E-state index is 13.3. The number of nitrogens with one attached hydrogen (secondary N) is 1. The Balaban J connectivity index is 2.25. The molecule has 3 N–H and O–H groups in total. The molecule has 26 heavy (non-hydrogen) atoms. The highest BCUT2D eigenvalue weighted by Crippen LogP contribution is 2.33. The van der Waals surface area contributed by atoms with Gasteiger partial charge in [-0.25, -0.2) is 4.98 Å². The van der Waals surface area contributed by atoms with Crippen molar-refractivity contribution in [2.45, 2.75) is 25.9 Å². The van der Waals surface area contributed by atoms with E-state index in [2.05, 4.69) is 10.3 Å². The number of hydrogen-bond acceptors (Lipinski definition) is 4. The predicted molar refractivity (Wildman–Crippen MR) is 99.4 cm³/mol. The first kappa shape index (κ1) is 20.0. The maximum Gasteiger partial charge on any atom is 0.416 e. The Labute approximate surface area is 152 Å². The van der Waals surface area contributed by atoms with Crippen LogP contribution in [0.2, 0.25) is 0 Å². The molecule has 7 heteroatoms. The standard InChI is InChI=1S/C19H25F3N4/c1-13-8-16(25-18(23)9-13)5-4-14-10-15(19(20,21)22)12-17(11-14)26(3)7-6-24-2/h8-12,24H,4-7H2,1-3H3,(H2,23,25). The van der Waals surface area contributed by atoms with Crippen molar-refractivity contribution >= 4 is 11.5 Å². The molecule has 2 rings (SSSR count). The van der Waals surface area contributed by atoms with Gasteiger partial charge in [-0.2, -0.15) is 13.2 Å². The Morgan fingerprint density at radius 3 is 2.46 bits per heavy atom. The van der Waals surface area contributed by atoms with E-state index in [0.717, 1.165) is 11.3 Å². The molecule has 0 saturated heterocycles. The van der Waals surface area contributed by atoms with Gasteiger partial charge in [-0.1, -0.05) is 0 Å². The molecule has 0 spiro atoms. The van der Waals surface area contributed by atoms with Crippen molar-refractivity contribution in [2.24, 2.45) is 0 Å². The summed E-state index contributed by atoms with van der Waals surface area (Å²) in [6.07, 6.45) is -3.37. The minimum atomic E-state index is -4.37. The summed E-state index contributed by atoms with van der Waals surface area (Å²) in [4.78, 5) is 6.07. The number of benzene rings is 1. The molecule has 1 aromatic carbocycles. The lowest BCUT2D eigenvalue weighted by molar-refractivity contribution is -0.137. The fraction of sp³-hybridized carbons (Fsp3) is 0.421. The molecule has 0 aliphatic carbocycles. The number of pyridine rings is 1. The van der Waals surface area contributed by atoms with Crippen LogP contribution in [-0.2, 0) is 19.0 Å². The average molecular weight is 366 g/mol. The van der Waals surface area contributed by atoms with Crippen molar-refractivity contribution in [3.8, 4) is 0 Å². The van der Waals surface area contributed by atoms with Crippen LogP contribution < -0.4 is 16.0 Å². The number of nitrogens with zero attached hydrogens (tertiary/aromatic N) is 2. The lowest BCUT2D eigenvalue weighted by Crippen LogP contribution is -2.27. The van der Waals surface area contributed by atoms with Crippen LogP contribution in [0.15, 0.2) is 30.3 Å². The Morgan fingerprint density at radius 2 is 1.85 bits per heavy atom. The van der Waals surface area contributed by atoms with Gasteiger partial charge in [0.2, 0.25) is 0 Å². The van der Waals surface area contributed by atoms with Gasteiger partial charge < -0.3 is 16.0 Å². The molecule has 2 aromatic rings. The zero-order valence-corrected chi connectivity index (χ0v) is 15.3. The summed E-state index contributed by atoms with van der Waals surface area (Å²) < 4.78 is 39.8. The number of nitrogen functional groups attached to an aromatic ring is 1. The Kier molecular flexibility index (Phi) is 6.47. The van der Waals surface area contributed by atoms with E-state index in [1.54, 1.807) is 13.1 Å². The number of anilines is 2. The zero-order chi connectivity index (χ0) is 19.3. The molecule has 0 amide bonds. The third-order valence-electron chi connectivity index (χ3n) is 4.16. The summed E-state index contributed by atoms with van der Waals surface area (Å²) in [5, 5.41) is 3.00. The number of alkyl halides is 3. The second kappa shape index (κ2) is 8.40. The van der Waals surface area contributed by atoms with E-state index in [9.17, 15) is 13.2 Å². The fourth-order valence-corrected chi connectivity index (χ4v) is 2.78. The first-order valence-corrected chi connectivity index (χ1v) is 8.49. The molecule has 0 atom stereocenters. The molecule has 0 bridgehead atoms. The summed E-state index contributed by atoms with van der Waals surface area (Å²) in [7, 11) is 3.60. The SMILES string of the molecule is CNCCN(C)c1cc(CCc2cc(C)cc(N)n2)cc(C(F)(F)F)c1.